The fraction of sp³-hybridized carbons (Fsp3) is 0.130. The van der Waals surface area contributed by atoms with Gasteiger partial charge in [0.15, 0.2) is 0 Å². The van der Waals surface area contributed by atoms with Crippen molar-refractivity contribution < 1.29 is 14.3 Å². The van der Waals surface area contributed by atoms with Gasteiger partial charge in [-0.15, -0.1) is 11.8 Å². The van der Waals surface area contributed by atoms with Gasteiger partial charge in [0.2, 0.25) is 0 Å². The molecule has 29 heavy (non-hydrogen) atoms. The minimum atomic E-state index is -0.488. The minimum Gasteiger partial charge on any atom is -0.462 e. The Hall–Kier alpha value is -2.76. The Kier molecular flexibility index (Phi) is 7.33. The molecule has 0 spiro atoms. The highest BCUT2D eigenvalue weighted by atomic mass is 35.5. The lowest BCUT2D eigenvalue weighted by Crippen LogP contribution is -2.13. The van der Waals surface area contributed by atoms with E-state index in [1.54, 1.807) is 43.0 Å². The quantitative estimate of drug-likeness (QED) is 0.369. The molecule has 0 aliphatic carbocycles. The number of benzene rings is 3. The number of carbonyl (C=O) groups is 2. The van der Waals surface area contributed by atoms with Crippen molar-refractivity contribution in [3.8, 4) is 0 Å². The molecular formula is C23H20ClNO3S. The van der Waals surface area contributed by atoms with Crippen molar-refractivity contribution in [2.24, 2.45) is 0 Å². The smallest absolute Gasteiger partial charge is 0.339 e. The van der Waals surface area contributed by atoms with Crippen molar-refractivity contribution >= 4 is 40.9 Å². The minimum absolute atomic E-state index is 0.230. The normalized spacial score (nSPS) is 10.4. The molecule has 0 bridgehead atoms. The van der Waals surface area contributed by atoms with Crippen LogP contribution in [0.25, 0.3) is 0 Å². The zero-order valence-electron chi connectivity index (χ0n) is 15.9. The molecule has 0 saturated heterocycles. The average Bonchev–Trinajstić information content (AvgIpc) is 2.73. The topological polar surface area (TPSA) is 55.4 Å². The number of nitrogens with one attached hydrogen (secondary N) is 1. The predicted octanol–water partition coefficient (Wildman–Crippen LogP) is 6.06. The number of ether oxygens (including phenoxy) is 1. The number of carbonyl (C=O) groups excluding carboxylic acids is 2. The first-order chi connectivity index (χ1) is 14.1. The number of thioether (sulfide) groups is 1. The first-order valence-electron chi connectivity index (χ1n) is 9.12. The van der Waals surface area contributed by atoms with E-state index in [1.165, 1.54) is 5.56 Å². The molecule has 0 aliphatic rings. The van der Waals surface area contributed by atoms with E-state index in [0.717, 1.165) is 10.6 Å². The Morgan fingerprint density at radius 3 is 2.41 bits per heavy atom. The third kappa shape index (κ3) is 5.62. The number of hydrogen-bond acceptors (Lipinski definition) is 4. The lowest BCUT2D eigenvalue weighted by Gasteiger charge is -2.11. The highest BCUT2D eigenvalue weighted by molar-refractivity contribution is 7.98. The summed E-state index contributed by atoms with van der Waals surface area (Å²) in [6.07, 6.45) is 0. The third-order valence-corrected chi connectivity index (χ3v) is 5.55. The van der Waals surface area contributed by atoms with Crippen LogP contribution in [-0.2, 0) is 10.5 Å². The van der Waals surface area contributed by atoms with Crippen LogP contribution >= 0.6 is 23.4 Å². The van der Waals surface area contributed by atoms with E-state index in [2.05, 4.69) is 17.4 Å². The van der Waals surface area contributed by atoms with E-state index in [0.29, 0.717) is 11.3 Å². The Bertz CT molecular complexity index is 1010. The van der Waals surface area contributed by atoms with Gasteiger partial charge in [0.25, 0.3) is 5.91 Å². The predicted molar refractivity (Wildman–Crippen MR) is 118 cm³/mol. The van der Waals surface area contributed by atoms with Crippen LogP contribution < -0.4 is 5.32 Å². The molecule has 1 amide bonds. The van der Waals surface area contributed by atoms with Crippen LogP contribution in [0.5, 0.6) is 0 Å². The number of anilines is 1. The van der Waals surface area contributed by atoms with Gasteiger partial charge in [-0.25, -0.2) is 4.79 Å². The van der Waals surface area contributed by atoms with E-state index < -0.39 is 5.97 Å². The molecule has 6 heteroatoms. The van der Waals surface area contributed by atoms with Gasteiger partial charge >= 0.3 is 5.97 Å². The van der Waals surface area contributed by atoms with Gasteiger partial charge in [-0.1, -0.05) is 54.1 Å². The van der Waals surface area contributed by atoms with E-state index in [9.17, 15) is 9.59 Å². The lowest BCUT2D eigenvalue weighted by molar-refractivity contribution is 0.0526. The first-order valence-corrected chi connectivity index (χ1v) is 10.5. The second-order valence-electron chi connectivity index (χ2n) is 6.14. The van der Waals surface area contributed by atoms with Gasteiger partial charge in [0, 0.05) is 16.3 Å². The lowest BCUT2D eigenvalue weighted by atomic mass is 10.1. The number of amides is 1. The number of hydrogen-bond donors (Lipinski definition) is 1. The summed E-state index contributed by atoms with van der Waals surface area (Å²) < 4.78 is 4.96. The summed E-state index contributed by atoms with van der Waals surface area (Å²) in [5.41, 5.74) is 2.55. The molecule has 3 aromatic carbocycles. The van der Waals surface area contributed by atoms with Crippen LogP contribution in [0.3, 0.4) is 0 Å². The summed E-state index contributed by atoms with van der Waals surface area (Å²) in [5, 5.41) is 3.08. The van der Waals surface area contributed by atoms with Crippen molar-refractivity contribution in [2.75, 3.05) is 11.9 Å². The van der Waals surface area contributed by atoms with Gasteiger partial charge in [0.1, 0.15) is 0 Å². The standard InChI is InChI=1S/C23H20ClNO3S/c1-2-28-23(27)18-13-12-17(14-20(18)24)25-22(26)19-10-6-7-11-21(19)29-15-16-8-4-3-5-9-16/h3-14H,2,15H2,1H3,(H,25,26). The number of rotatable bonds is 7. The van der Waals surface area contributed by atoms with Crippen LogP contribution in [0.2, 0.25) is 5.02 Å². The molecule has 1 N–H and O–H groups in total. The second kappa shape index (κ2) is 10.1. The average molecular weight is 426 g/mol. The molecule has 0 heterocycles. The summed E-state index contributed by atoms with van der Waals surface area (Å²) in [6, 6.07) is 22.3. The molecule has 0 aliphatic heterocycles. The van der Waals surface area contributed by atoms with Crippen molar-refractivity contribution in [3.05, 3.63) is 94.5 Å². The Labute approximate surface area is 179 Å². The SMILES string of the molecule is CCOC(=O)c1ccc(NC(=O)c2ccccc2SCc2ccccc2)cc1Cl. The van der Waals surface area contributed by atoms with Crippen LogP contribution in [0.15, 0.2) is 77.7 Å². The summed E-state index contributed by atoms with van der Waals surface area (Å²) >= 11 is 7.79. The van der Waals surface area contributed by atoms with Crippen LogP contribution in [0, 0.1) is 0 Å². The zero-order valence-corrected chi connectivity index (χ0v) is 17.4. The Morgan fingerprint density at radius 2 is 1.69 bits per heavy atom. The molecule has 3 rings (SSSR count). The summed E-state index contributed by atoms with van der Waals surface area (Å²) in [7, 11) is 0. The Balaban J connectivity index is 1.72. The fourth-order valence-electron chi connectivity index (χ4n) is 2.68. The second-order valence-corrected chi connectivity index (χ2v) is 7.56. The van der Waals surface area contributed by atoms with E-state index in [1.807, 2.05) is 36.4 Å². The first kappa shape index (κ1) is 21.0. The molecule has 0 saturated carbocycles. The molecule has 3 aromatic rings. The molecule has 148 valence electrons. The summed E-state index contributed by atoms with van der Waals surface area (Å²) in [6.45, 7) is 2.00. The van der Waals surface area contributed by atoms with Crippen molar-refractivity contribution in [3.63, 3.8) is 0 Å². The van der Waals surface area contributed by atoms with Crippen LogP contribution in [0.1, 0.15) is 33.2 Å². The third-order valence-electron chi connectivity index (χ3n) is 4.09. The van der Waals surface area contributed by atoms with Gasteiger partial charge in [-0.2, -0.15) is 0 Å². The molecule has 4 nitrogen and oxygen atoms in total. The molecule has 0 aromatic heterocycles. The highest BCUT2D eigenvalue weighted by Gasteiger charge is 2.15. The summed E-state index contributed by atoms with van der Waals surface area (Å²) in [4.78, 5) is 25.6. The van der Waals surface area contributed by atoms with E-state index >= 15 is 0 Å². The monoisotopic (exact) mass is 425 g/mol. The fourth-order valence-corrected chi connectivity index (χ4v) is 3.94. The summed E-state index contributed by atoms with van der Waals surface area (Å²) in [5.74, 6) is 0.0460. The maximum absolute atomic E-state index is 12.8. The molecular weight excluding hydrogens is 406 g/mol. The molecule has 0 radical (unpaired) electrons. The molecule has 0 atom stereocenters. The zero-order chi connectivity index (χ0) is 20.6. The highest BCUT2D eigenvalue weighted by Crippen LogP contribution is 2.28. The number of esters is 1. The van der Waals surface area contributed by atoms with Gasteiger partial charge in [-0.05, 0) is 42.8 Å². The van der Waals surface area contributed by atoms with Gasteiger partial charge in [0.05, 0.1) is 22.8 Å². The van der Waals surface area contributed by atoms with E-state index in [-0.39, 0.29) is 23.1 Å². The van der Waals surface area contributed by atoms with Crippen molar-refractivity contribution in [1.29, 1.82) is 0 Å². The maximum atomic E-state index is 12.8. The van der Waals surface area contributed by atoms with Crippen LogP contribution in [0.4, 0.5) is 5.69 Å². The van der Waals surface area contributed by atoms with Crippen LogP contribution in [-0.4, -0.2) is 18.5 Å². The van der Waals surface area contributed by atoms with Gasteiger partial charge < -0.3 is 10.1 Å². The maximum Gasteiger partial charge on any atom is 0.339 e. The van der Waals surface area contributed by atoms with Gasteiger partial charge in [-0.3, -0.25) is 4.79 Å². The largest absolute Gasteiger partial charge is 0.462 e. The number of halogens is 1. The van der Waals surface area contributed by atoms with Crippen molar-refractivity contribution in [2.45, 2.75) is 17.6 Å². The van der Waals surface area contributed by atoms with E-state index in [4.69, 9.17) is 16.3 Å². The van der Waals surface area contributed by atoms with Crippen molar-refractivity contribution in [1.82, 2.24) is 0 Å². The Morgan fingerprint density at radius 1 is 0.966 bits per heavy atom. The molecule has 0 unspecified atom stereocenters. The molecule has 0 fully saturated rings.